The van der Waals surface area contributed by atoms with Gasteiger partial charge in [0.05, 0.1) is 0 Å². The highest BCUT2D eigenvalue weighted by atomic mass is 79.9. The molecule has 12 heavy (non-hydrogen) atoms. The fraction of sp³-hybridized carbons (Fsp3) is 0.111. The summed E-state index contributed by atoms with van der Waals surface area (Å²) in [4.78, 5) is 1.42. The molecule has 1 rings (SSSR count). The molecule has 0 spiro atoms. The van der Waals surface area contributed by atoms with E-state index in [-0.39, 0.29) is 5.56 Å². The number of hydrogen-bond donors (Lipinski definition) is 0. The summed E-state index contributed by atoms with van der Waals surface area (Å²) in [5.41, 5.74) is 0.564. The van der Waals surface area contributed by atoms with E-state index in [1.54, 1.807) is 6.92 Å². The third-order valence-electron chi connectivity index (χ3n) is 1.45. The van der Waals surface area contributed by atoms with Gasteiger partial charge in [-0.05, 0) is 35.7 Å². The summed E-state index contributed by atoms with van der Waals surface area (Å²) in [7, 11) is 0. The lowest BCUT2D eigenvalue weighted by Crippen LogP contribution is -1.89. The number of rotatable bonds is 1. The number of benzene rings is 1. The lowest BCUT2D eigenvalue weighted by atomic mass is 10.1. The summed E-state index contributed by atoms with van der Waals surface area (Å²) in [6.45, 7) is 1.65. The van der Waals surface area contributed by atoms with Crippen molar-refractivity contribution in [3.05, 3.63) is 39.9 Å². The van der Waals surface area contributed by atoms with Gasteiger partial charge in [-0.1, -0.05) is 15.9 Å². The van der Waals surface area contributed by atoms with Crippen LogP contribution in [0.25, 0.3) is 6.08 Å². The molecule has 0 fully saturated rings. The van der Waals surface area contributed by atoms with Crippen molar-refractivity contribution in [3.63, 3.8) is 0 Å². The molecule has 0 nitrogen and oxygen atoms in total. The molecule has 0 saturated heterocycles. The molecule has 1 aromatic rings. The minimum atomic E-state index is -0.539. The largest absolute Gasteiger partial charge is 0.206 e. The van der Waals surface area contributed by atoms with Crippen molar-refractivity contribution in [2.45, 2.75) is 6.92 Å². The number of aryl methyl sites for hydroxylation is 1. The summed E-state index contributed by atoms with van der Waals surface area (Å²) in [5, 5.41) is 0. The Morgan fingerprint density at radius 2 is 1.75 bits per heavy atom. The van der Waals surface area contributed by atoms with E-state index in [2.05, 4.69) is 15.9 Å². The molecule has 3 heteroatoms. The predicted octanol–water partition coefficient (Wildman–Crippen LogP) is 3.64. The third kappa shape index (κ3) is 1.91. The molecule has 0 saturated carbocycles. The summed E-state index contributed by atoms with van der Waals surface area (Å²) in [6, 6.07) is 2.59. The van der Waals surface area contributed by atoms with Crippen LogP contribution >= 0.6 is 15.9 Å². The monoisotopic (exact) mass is 232 g/mol. The minimum Gasteiger partial charge on any atom is -0.206 e. The van der Waals surface area contributed by atoms with Crippen LogP contribution in [0.15, 0.2) is 17.1 Å². The Labute approximate surface area is 78.0 Å². The van der Waals surface area contributed by atoms with Crippen LogP contribution in [0.5, 0.6) is 0 Å². The van der Waals surface area contributed by atoms with Crippen molar-refractivity contribution in [2.24, 2.45) is 0 Å². The van der Waals surface area contributed by atoms with E-state index in [0.29, 0.717) is 5.56 Å². The molecular formula is C9H7BrF2. The predicted molar refractivity (Wildman–Crippen MR) is 49.1 cm³/mol. The molecule has 0 aliphatic carbocycles. The normalized spacial score (nSPS) is 11.0. The number of halogens is 3. The van der Waals surface area contributed by atoms with E-state index in [4.69, 9.17) is 0 Å². The fourth-order valence-corrected chi connectivity index (χ4v) is 1.20. The van der Waals surface area contributed by atoms with Crippen molar-refractivity contribution in [2.75, 3.05) is 0 Å². The van der Waals surface area contributed by atoms with Crippen molar-refractivity contribution >= 4 is 22.0 Å². The van der Waals surface area contributed by atoms with Crippen LogP contribution in [-0.2, 0) is 0 Å². The van der Waals surface area contributed by atoms with Crippen molar-refractivity contribution < 1.29 is 8.78 Å². The van der Waals surface area contributed by atoms with E-state index in [9.17, 15) is 8.78 Å². The first-order valence-electron chi connectivity index (χ1n) is 3.37. The Kier molecular flexibility index (Phi) is 2.98. The molecule has 1 aromatic carbocycles. The lowest BCUT2D eigenvalue weighted by molar-refractivity contribution is 0.577. The molecule has 0 atom stereocenters. The molecule has 0 bridgehead atoms. The molecule has 0 aliphatic rings. The molecule has 0 N–H and O–H groups in total. The Bertz CT molecular complexity index is 295. The van der Waals surface area contributed by atoms with Crippen LogP contribution in [0.2, 0.25) is 0 Å². The molecule has 64 valence electrons. The topological polar surface area (TPSA) is 0 Å². The molecule has 0 amide bonds. The Hall–Kier alpha value is -0.700. The van der Waals surface area contributed by atoms with E-state index in [1.807, 2.05) is 0 Å². The third-order valence-corrected chi connectivity index (χ3v) is 1.72. The van der Waals surface area contributed by atoms with Gasteiger partial charge in [0.15, 0.2) is 0 Å². The molecule has 0 radical (unpaired) electrons. The first kappa shape index (κ1) is 9.39. The second-order valence-corrected chi connectivity index (χ2v) is 2.96. The summed E-state index contributed by atoms with van der Waals surface area (Å²) in [5.74, 6) is -1.08. The first-order valence-corrected chi connectivity index (χ1v) is 4.29. The highest BCUT2D eigenvalue weighted by Crippen LogP contribution is 2.16. The van der Waals surface area contributed by atoms with Crippen LogP contribution < -0.4 is 0 Å². The molecule has 0 aliphatic heterocycles. The molecule has 0 heterocycles. The zero-order chi connectivity index (χ0) is 9.14. The molecule has 0 unspecified atom stereocenters. The summed E-state index contributed by atoms with van der Waals surface area (Å²) in [6.07, 6.45) is 1.34. The summed E-state index contributed by atoms with van der Waals surface area (Å²) < 4.78 is 26.0. The van der Waals surface area contributed by atoms with Gasteiger partial charge in [0.1, 0.15) is 11.6 Å². The maximum atomic E-state index is 13.0. The van der Waals surface area contributed by atoms with Crippen LogP contribution in [0, 0.1) is 18.6 Å². The van der Waals surface area contributed by atoms with Gasteiger partial charge in [0.2, 0.25) is 0 Å². The highest BCUT2D eigenvalue weighted by Gasteiger charge is 2.05. The second-order valence-electron chi connectivity index (χ2n) is 2.43. The summed E-state index contributed by atoms with van der Waals surface area (Å²) >= 11 is 2.96. The van der Waals surface area contributed by atoms with Gasteiger partial charge in [0, 0.05) is 5.56 Å². The van der Waals surface area contributed by atoms with Crippen molar-refractivity contribution in [3.8, 4) is 0 Å². The van der Waals surface area contributed by atoms with Gasteiger partial charge >= 0.3 is 0 Å². The number of hydrogen-bond acceptors (Lipinski definition) is 0. The fourth-order valence-electron chi connectivity index (χ4n) is 0.933. The Morgan fingerprint density at radius 3 is 2.17 bits per heavy atom. The van der Waals surface area contributed by atoms with Gasteiger partial charge in [0.25, 0.3) is 0 Å². The SMILES string of the molecule is Cc1cc(F)c(/C=C/Br)c(F)c1. The van der Waals surface area contributed by atoms with Crippen LogP contribution in [0.1, 0.15) is 11.1 Å². The first-order chi connectivity index (χ1) is 5.65. The van der Waals surface area contributed by atoms with E-state index >= 15 is 0 Å². The Balaban J connectivity index is 3.28. The van der Waals surface area contributed by atoms with Crippen LogP contribution in [0.4, 0.5) is 8.78 Å². The standard InChI is InChI=1S/C9H7BrF2/c1-6-4-8(11)7(2-3-10)9(12)5-6/h2-5H,1H3/b3-2+. The lowest BCUT2D eigenvalue weighted by Gasteiger charge is -2.00. The minimum absolute atomic E-state index is 0.0162. The van der Waals surface area contributed by atoms with E-state index in [0.717, 1.165) is 0 Å². The van der Waals surface area contributed by atoms with Crippen LogP contribution in [-0.4, -0.2) is 0 Å². The zero-order valence-electron chi connectivity index (χ0n) is 6.44. The Morgan fingerprint density at radius 1 is 1.25 bits per heavy atom. The maximum absolute atomic E-state index is 13.0. The van der Waals surface area contributed by atoms with Crippen LogP contribution in [0.3, 0.4) is 0 Å². The average molecular weight is 233 g/mol. The second kappa shape index (κ2) is 3.81. The smallest absolute Gasteiger partial charge is 0.133 e. The van der Waals surface area contributed by atoms with Gasteiger partial charge in [-0.2, -0.15) is 0 Å². The quantitative estimate of drug-likeness (QED) is 0.694. The molecular weight excluding hydrogens is 226 g/mol. The van der Waals surface area contributed by atoms with E-state index < -0.39 is 11.6 Å². The van der Waals surface area contributed by atoms with E-state index in [1.165, 1.54) is 23.2 Å². The van der Waals surface area contributed by atoms with Crippen molar-refractivity contribution in [1.82, 2.24) is 0 Å². The van der Waals surface area contributed by atoms with Gasteiger partial charge in [-0.25, -0.2) is 8.78 Å². The average Bonchev–Trinajstić information content (AvgIpc) is 1.96. The van der Waals surface area contributed by atoms with Gasteiger partial charge in [-0.3, -0.25) is 0 Å². The zero-order valence-corrected chi connectivity index (χ0v) is 8.03. The maximum Gasteiger partial charge on any atom is 0.133 e. The molecule has 0 aromatic heterocycles. The van der Waals surface area contributed by atoms with Crippen molar-refractivity contribution in [1.29, 1.82) is 0 Å². The van der Waals surface area contributed by atoms with Gasteiger partial charge < -0.3 is 0 Å². The van der Waals surface area contributed by atoms with Gasteiger partial charge in [-0.15, -0.1) is 0 Å². The highest BCUT2D eigenvalue weighted by molar-refractivity contribution is 9.11.